The molecule has 1 aromatic rings. The van der Waals surface area contributed by atoms with Gasteiger partial charge in [0.2, 0.25) is 5.91 Å². The lowest BCUT2D eigenvalue weighted by Gasteiger charge is -2.15. The molecule has 0 aliphatic heterocycles. The Morgan fingerprint density at radius 1 is 1.33 bits per heavy atom. The zero-order chi connectivity index (χ0) is 13.5. The van der Waals surface area contributed by atoms with E-state index in [-0.39, 0.29) is 5.91 Å². The molecule has 0 unspecified atom stereocenters. The van der Waals surface area contributed by atoms with Crippen molar-refractivity contribution in [2.24, 2.45) is 5.73 Å². The van der Waals surface area contributed by atoms with E-state index in [1.54, 1.807) is 6.92 Å². The lowest BCUT2D eigenvalue weighted by Crippen LogP contribution is -2.48. The summed E-state index contributed by atoms with van der Waals surface area (Å²) in [6.45, 7) is 1.55. The van der Waals surface area contributed by atoms with Crippen LogP contribution in [0.5, 0.6) is 0 Å². The van der Waals surface area contributed by atoms with Gasteiger partial charge in [-0.3, -0.25) is 4.79 Å². The molecule has 1 amide bonds. The molecule has 0 radical (unpaired) electrons. The minimum absolute atomic E-state index is 0.364. The lowest BCUT2D eigenvalue weighted by atomic mass is 10.1. The van der Waals surface area contributed by atoms with Gasteiger partial charge in [-0.2, -0.15) is 0 Å². The molecular weight excluding hydrogens is 232 g/mol. The first-order valence-electron chi connectivity index (χ1n) is 5.72. The van der Waals surface area contributed by atoms with Crippen LogP contribution in [0.4, 0.5) is 0 Å². The van der Waals surface area contributed by atoms with Gasteiger partial charge in [-0.05, 0) is 18.9 Å². The number of methoxy groups -OCH3 is 1. The average Bonchev–Trinajstić information content (AvgIpc) is 2.38. The van der Waals surface area contributed by atoms with E-state index in [4.69, 9.17) is 5.73 Å². The number of rotatable bonds is 5. The summed E-state index contributed by atoms with van der Waals surface area (Å²) in [6, 6.07) is 8.10. The van der Waals surface area contributed by atoms with Gasteiger partial charge in [-0.25, -0.2) is 4.79 Å². The number of benzene rings is 1. The monoisotopic (exact) mass is 250 g/mol. The molecule has 5 nitrogen and oxygen atoms in total. The van der Waals surface area contributed by atoms with Crippen molar-refractivity contribution in [1.82, 2.24) is 5.32 Å². The number of carbonyl (C=O) groups is 2. The molecule has 0 saturated carbocycles. The van der Waals surface area contributed by atoms with E-state index < -0.39 is 18.1 Å². The summed E-state index contributed by atoms with van der Waals surface area (Å²) in [5.41, 5.74) is 6.75. The Kier molecular flexibility index (Phi) is 5.32. The summed E-state index contributed by atoms with van der Waals surface area (Å²) < 4.78 is 4.52. The summed E-state index contributed by atoms with van der Waals surface area (Å²) in [5.74, 6) is -0.855. The molecule has 18 heavy (non-hydrogen) atoms. The van der Waals surface area contributed by atoms with E-state index in [0.717, 1.165) is 5.56 Å². The van der Waals surface area contributed by atoms with Crippen LogP contribution >= 0.6 is 0 Å². The molecule has 5 heteroatoms. The second-order valence-electron chi connectivity index (χ2n) is 4.05. The number of carbonyl (C=O) groups excluding carboxylic acids is 2. The maximum absolute atomic E-state index is 11.7. The largest absolute Gasteiger partial charge is 0.467 e. The van der Waals surface area contributed by atoms with Crippen LogP contribution in [0, 0.1) is 0 Å². The number of hydrogen-bond acceptors (Lipinski definition) is 4. The smallest absolute Gasteiger partial charge is 0.328 e. The quantitative estimate of drug-likeness (QED) is 0.733. The summed E-state index contributed by atoms with van der Waals surface area (Å²) in [7, 11) is 1.27. The van der Waals surface area contributed by atoms with Gasteiger partial charge >= 0.3 is 5.97 Å². The Bertz CT molecular complexity index is 406. The number of nitrogens with two attached hydrogens (primary N) is 1. The van der Waals surface area contributed by atoms with Crippen molar-refractivity contribution in [2.75, 3.05) is 7.11 Å². The fourth-order valence-corrected chi connectivity index (χ4v) is 1.52. The lowest BCUT2D eigenvalue weighted by molar-refractivity contribution is -0.144. The third kappa shape index (κ3) is 4.18. The first-order chi connectivity index (χ1) is 8.54. The number of hydrogen-bond donors (Lipinski definition) is 2. The molecule has 0 aliphatic rings. The number of ether oxygens (including phenoxy) is 1. The predicted molar refractivity (Wildman–Crippen MR) is 67.7 cm³/mol. The van der Waals surface area contributed by atoms with Crippen molar-refractivity contribution in [2.45, 2.75) is 25.4 Å². The zero-order valence-electron chi connectivity index (χ0n) is 10.6. The highest BCUT2D eigenvalue weighted by Crippen LogP contribution is 2.02. The normalized spacial score (nSPS) is 13.5. The molecule has 0 fully saturated rings. The Hall–Kier alpha value is -1.88. The van der Waals surface area contributed by atoms with Gasteiger partial charge in [0.25, 0.3) is 0 Å². The first-order valence-corrected chi connectivity index (χ1v) is 5.72. The van der Waals surface area contributed by atoms with Crippen LogP contribution in [0.2, 0.25) is 0 Å². The van der Waals surface area contributed by atoms with Crippen LogP contribution in [0.3, 0.4) is 0 Å². The Morgan fingerprint density at radius 3 is 2.50 bits per heavy atom. The van der Waals surface area contributed by atoms with E-state index in [1.807, 2.05) is 30.3 Å². The Labute approximate surface area is 106 Å². The maximum Gasteiger partial charge on any atom is 0.328 e. The zero-order valence-corrected chi connectivity index (χ0v) is 10.6. The van der Waals surface area contributed by atoms with Gasteiger partial charge < -0.3 is 15.8 Å². The number of esters is 1. The fraction of sp³-hybridized carbons (Fsp3) is 0.385. The molecule has 1 rings (SSSR count). The summed E-state index contributed by atoms with van der Waals surface area (Å²) >= 11 is 0. The van der Waals surface area contributed by atoms with E-state index in [9.17, 15) is 9.59 Å². The highest BCUT2D eigenvalue weighted by Gasteiger charge is 2.20. The van der Waals surface area contributed by atoms with Gasteiger partial charge in [-0.15, -0.1) is 0 Å². The van der Waals surface area contributed by atoms with Crippen LogP contribution in [-0.2, 0) is 20.7 Å². The maximum atomic E-state index is 11.7. The Morgan fingerprint density at radius 2 is 1.94 bits per heavy atom. The summed E-state index contributed by atoms with van der Waals surface area (Å²) in [5, 5.41) is 2.51. The molecular formula is C13H18N2O3. The van der Waals surface area contributed by atoms with E-state index in [1.165, 1.54) is 7.11 Å². The molecule has 3 N–H and O–H groups in total. The van der Waals surface area contributed by atoms with E-state index in [0.29, 0.717) is 6.42 Å². The Balaban J connectivity index is 2.49. The first kappa shape index (κ1) is 14.2. The highest BCUT2D eigenvalue weighted by molar-refractivity contribution is 5.87. The molecule has 2 atom stereocenters. The van der Waals surface area contributed by atoms with Crippen LogP contribution in [0.1, 0.15) is 12.5 Å². The second kappa shape index (κ2) is 6.76. The second-order valence-corrected chi connectivity index (χ2v) is 4.05. The summed E-state index contributed by atoms with van der Waals surface area (Å²) in [6.07, 6.45) is 0.431. The van der Waals surface area contributed by atoms with Crippen molar-refractivity contribution in [1.29, 1.82) is 0 Å². The van der Waals surface area contributed by atoms with Gasteiger partial charge in [0.1, 0.15) is 6.04 Å². The van der Waals surface area contributed by atoms with Crippen molar-refractivity contribution in [3.8, 4) is 0 Å². The molecule has 0 heterocycles. The minimum atomic E-state index is -0.690. The van der Waals surface area contributed by atoms with Crippen LogP contribution in [0.25, 0.3) is 0 Å². The fourth-order valence-electron chi connectivity index (χ4n) is 1.52. The van der Waals surface area contributed by atoms with Crippen molar-refractivity contribution in [3.63, 3.8) is 0 Å². The van der Waals surface area contributed by atoms with E-state index >= 15 is 0 Å². The third-order valence-electron chi connectivity index (χ3n) is 2.55. The summed E-state index contributed by atoms with van der Waals surface area (Å²) in [4.78, 5) is 22.9. The van der Waals surface area contributed by atoms with Gasteiger partial charge in [0.15, 0.2) is 0 Å². The molecule has 0 aromatic heterocycles. The van der Waals surface area contributed by atoms with Crippen LogP contribution in [0.15, 0.2) is 30.3 Å². The van der Waals surface area contributed by atoms with Gasteiger partial charge in [0.05, 0.1) is 13.2 Å². The van der Waals surface area contributed by atoms with Crippen molar-refractivity contribution in [3.05, 3.63) is 35.9 Å². The molecule has 0 saturated heterocycles. The molecule has 98 valence electrons. The van der Waals surface area contributed by atoms with Crippen molar-refractivity contribution >= 4 is 11.9 Å². The molecule has 0 spiro atoms. The predicted octanol–water partition coefficient (Wildman–Crippen LogP) is 0.234. The third-order valence-corrected chi connectivity index (χ3v) is 2.55. The van der Waals surface area contributed by atoms with Gasteiger partial charge in [0, 0.05) is 0 Å². The van der Waals surface area contributed by atoms with E-state index in [2.05, 4.69) is 10.1 Å². The topological polar surface area (TPSA) is 81.4 Å². The molecule has 1 aromatic carbocycles. The molecule has 0 aliphatic carbocycles. The highest BCUT2D eigenvalue weighted by atomic mass is 16.5. The van der Waals surface area contributed by atoms with Crippen LogP contribution in [-0.4, -0.2) is 31.1 Å². The number of nitrogens with one attached hydrogen (secondary N) is 1. The van der Waals surface area contributed by atoms with Crippen molar-refractivity contribution < 1.29 is 14.3 Å². The standard InChI is InChI=1S/C13H18N2O3/c1-9(13(17)18-2)15-12(16)11(14)8-10-6-4-3-5-7-10/h3-7,9,11H,8,14H2,1-2H3,(H,15,16)/t9-,11-/m0/s1. The van der Waals surface area contributed by atoms with Gasteiger partial charge in [-0.1, -0.05) is 30.3 Å². The minimum Gasteiger partial charge on any atom is -0.467 e. The molecule has 0 bridgehead atoms. The average molecular weight is 250 g/mol. The SMILES string of the molecule is COC(=O)[C@H](C)NC(=O)[C@@H](N)Cc1ccccc1. The number of amides is 1. The van der Waals surface area contributed by atoms with Crippen LogP contribution < -0.4 is 11.1 Å².